The van der Waals surface area contributed by atoms with E-state index in [4.69, 9.17) is 4.74 Å². The van der Waals surface area contributed by atoms with Crippen LogP contribution in [0.1, 0.15) is 29.3 Å². The van der Waals surface area contributed by atoms with E-state index in [0.717, 1.165) is 5.56 Å². The third-order valence-corrected chi connectivity index (χ3v) is 6.77. The van der Waals surface area contributed by atoms with Gasteiger partial charge in [0.1, 0.15) is 12.2 Å². The number of piperazine rings is 1. The number of fused-ring (bicyclic) bond motifs is 4. The first kappa shape index (κ1) is 22.3. The molecule has 0 aromatic carbocycles. The van der Waals surface area contributed by atoms with E-state index in [1.165, 1.54) is 6.92 Å². The fourth-order valence-electron chi connectivity index (χ4n) is 5.05. The first-order valence-electron chi connectivity index (χ1n) is 11.6. The monoisotopic (exact) mass is 464 g/mol. The average molecular weight is 465 g/mol. The third-order valence-electron chi connectivity index (χ3n) is 6.77. The Kier molecular flexibility index (Phi) is 6.14. The summed E-state index contributed by atoms with van der Waals surface area (Å²) in [4.78, 5) is 53.1. The van der Waals surface area contributed by atoms with Gasteiger partial charge in [-0.05, 0) is 30.2 Å². The number of hydrogen-bond donors (Lipinski definition) is 1. The zero-order chi connectivity index (χ0) is 23.7. The Labute approximate surface area is 197 Å². The molecule has 0 spiro atoms. The first-order valence-corrected chi connectivity index (χ1v) is 11.6. The van der Waals surface area contributed by atoms with Gasteiger partial charge in [-0.2, -0.15) is 0 Å². The van der Waals surface area contributed by atoms with Crippen LogP contribution in [0.15, 0.2) is 42.9 Å². The zero-order valence-corrected chi connectivity index (χ0v) is 19.1. The van der Waals surface area contributed by atoms with Gasteiger partial charge in [0.2, 0.25) is 17.7 Å². The Balaban J connectivity index is 1.48. The number of aromatic nitrogens is 2. The normalized spacial score (nSPS) is 25.4. The second kappa shape index (κ2) is 9.38. The predicted molar refractivity (Wildman–Crippen MR) is 122 cm³/mol. The summed E-state index contributed by atoms with van der Waals surface area (Å²) in [5.41, 5.74) is 1.37. The number of ether oxygens (including phenoxy) is 1. The van der Waals surface area contributed by atoms with Crippen molar-refractivity contribution in [1.82, 2.24) is 30.0 Å². The van der Waals surface area contributed by atoms with Gasteiger partial charge in [-0.3, -0.25) is 24.3 Å². The SMILES string of the molecule is CC(=O)N1CCN2C(=O)[C@@H]3C[C@H](CN3Cc3cccnc3)NC(=O)c3cccnc3OC[C@@H]2C1. The summed E-state index contributed by atoms with van der Waals surface area (Å²) in [5, 5.41) is 3.07. The Hall–Kier alpha value is -3.53. The lowest BCUT2D eigenvalue weighted by Gasteiger charge is -2.42. The second-order valence-corrected chi connectivity index (χ2v) is 9.03. The zero-order valence-electron chi connectivity index (χ0n) is 19.1. The molecule has 10 nitrogen and oxygen atoms in total. The van der Waals surface area contributed by atoms with E-state index in [0.29, 0.717) is 44.7 Å². The van der Waals surface area contributed by atoms with Crippen LogP contribution in [-0.4, -0.2) is 93.3 Å². The van der Waals surface area contributed by atoms with Gasteiger partial charge < -0.3 is 19.9 Å². The van der Waals surface area contributed by atoms with E-state index in [9.17, 15) is 14.4 Å². The number of carbonyl (C=O) groups is 3. The van der Waals surface area contributed by atoms with Crippen molar-refractivity contribution in [3.05, 3.63) is 54.0 Å². The summed E-state index contributed by atoms with van der Waals surface area (Å²) in [6.07, 6.45) is 5.61. The fraction of sp³-hybridized carbons (Fsp3) is 0.458. The Morgan fingerprint density at radius 2 is 2.03 bits per heavy atom. The van der Waals surface area contributed by atoms with Crippen molar-refractivity contribution in [1.29, 1.82) is 0 Å². The molecule has 2 aromatic heterocycles. The van der Waals surface area contributed by atoms with Crippen molar-refractivity contribution < 1.29 is 19.1 Å². The number of carbonyl (C=O) groups excluding carboxylic acids is 3. The standard InChI is InChI=1S/C24H28N6O4/c1-16(31)28-8-9-30-19(14-28)15-34-23-20(5-3-7-26-23)22(32)27-18-10-21(24(30)33)29(13-18)12-17-4-2-6-25-11-17/h2-7,11,18-19,21H,8-10,12-15H2,1H3,(H,27,32)/t18-,19+,21+/m1/s1. The lowest BCUT2D eigenvalue weighted by Crippen LogP contribution is -2.61. The summed E-state index contributed by atoms with van der Waals surface area (Å²) in [6.45, 7) is 4.10. The van der Waals surface area contributed by atoms with Crippen molar-refractivity contribution in [3.63, 3.8) is 0 Å². The van der Waals surface area contributed by atoms with Crippen LogP contribution in [-0.2, 0) is 16.1 Å². The molecule has 5 heterocycles. The van der Waals surface area contributed by atoms with Crippen molar-refractivity contribution >= 4 is 17.7 Å². The molecule has 3 aliphatic heterocycles. The number of rotatable bonds is 2. The molecule has 178 valence electrons. The van der Waals surface area contributed by atoms with Gasteiger partial charge in [0.15, 0.2) is 0 Å². The van der Waals surface area contributed by atoms with Crippen molar-refractivity contribution in [2.45, 2.75) is 38.0 Å². The van der Waals surface area contributed by atoms with Crippen molar-refractivity contribution in [3.8, 4) is 5.88 Å². The lowest BCUT2D eigenvalue weighted by molar-refractivity contribution is -0.146. The average Bonchev–Trinajstić information content (AvgIpc) is 3.24. The highest BCUT2D eigenvalue weighted by Gasteiger charge is 2.43. The number of hydrogen-bond acceptors (Lipinski definition) is 7. The minimum Gasteiger partial charge on any atom is -0.475 e. The number of pyridine rings is 2. The minimum atomic E-state index is -0.385. The van der Waals surface area contributed by atoms with Crippen LogP contribution in [0.5, 0.6) is 5.88 Å². The van der Waals surface area contributed by atoms with Crippen LogP contribution in [0.2, 0.25) is 0 Å². The molecule has 5 rings (SSSR count). The molecule has 2 aromatic rings. The molecule has 3 atom stereocenters. The molecule has 0 saturated carbocycles. The van der Waals surface area contributed by atoms with Gasteiger partial charge in [-0.1, -0.05) is 6.07 Å². The minimum absolute atomic E-state index is 0.000686. The number of nitrogens with one attached hydrogen (secondary N) is 1. The van der Waals surface area contributed by atoms with Gasteiger partial charge >= 0.3 is 0 Å². The van der Waals surface area contributed by atoms with Gasteiger partial charge in [0, 0.05) is 64.3 Å². The van der Waals surface area contributed by atoms with E-state index in [2.05, 4.69) is 20.2 Å². The van der Waals surface area contributed by atoms with Gasteiger partial charge in [0.25, 0.3) is 5.91 Å². The molecule has 2 fully saturated rings. The Morgan fingerprint density at radius 3 is 2.82 bits per heavy atom. The van der Waals surface area contributed by atoms with E-state index in [1.54, 1.807) is 35.6 Å². The van der Waals surface area contributed by atoms with Crippen molar-refractivity contribution in [2.24, 2.45) is 0 Å². The molecule has 1 N–H and O–H groups in total. The van der Waals surface area contributed by atoms with E-state index in [-0.39, 0.29) is 48.3 Å². The summed E-state index contributed by atoms with van der Waals surface area (Å²) in [5.74, 6) is -0.0711. The molecule has 0 unspecified atom stereocenters. The second-order valence-electron chi connectivity index (χ2n) is 9.03. The molecule has 3 amide bonds. The lowest BCUT2D eigenvalue weighted by atomic mass is 10.1. The van der Waals surface area contributed by atoms with Gasteiger partial charge in [-0.25, -0.2) is 4.98 Å². The maximum absolute atomic E-state index is 13.8. The van der Waals surface area contributed by atoms with Crippen LogP contribution in [0.4, 0.5) is 0 Å². The van der Waals surface area contributed by atoms with Crippen LogP contribution >= 0.6 is 0 Å². The summed E-state index contributed by atoms with van der Waals surface area (Å²) < 4.78 is 5.96. The van der Waals surface area contributed by atoms with Gasteiger partial charge in [0.05, 0.1) is 12.1 Å². The van der Waals surface area contributed by atoms with Crippen LogP contribution in [0, 0.1) is 0 Å². The molecule has 3 aliphatic rings. The molecule has 34 heavy (non-hydrogen) atoms. The van der Waals surface area contributed by atoms with E-state index < -0.39 is 0 Å². The largest absolute Gasteiger partial charge is 0.475 e. The topological polar surface area (TPSA) is 108 Å². The summed E-state index contributed by atoms with van der Waals surface area (Å²) in [7, 11) is 0. The van der Waals surface area contributed by atoms with Gasteiger partial charge in [-0.15, -0.1) is 0 Å². The number of nitrogens with zero attached hydrogens (tertiary/aromatic N) is 5. The van der Waals surface area contributed by atoms with E-state index >= 15 is 0 Å². The third kappa shape index (κ3) is 4.45. The van der Waals surface area contributed by atoms with Crippen LogP contribution < -0.4 is 10.1 Å². The quantitative estimate of drug-likeness (QED) is 0.681. The van der Waals surface area contributed by atoms with Crippen molar-refractivity contribution in [2.75, 3.05) is 32.8 Å². The highest BCUT2D eigenvalue weighted by Crippen LogP contribution is 2.26. The molecule has 10 heteroatoms. The van der Waals surface area contributed by atoms with Crippen LogP contribution in [0.25, 0.3) is 0 Å². The number of likely N-dealkylation sites (tertiary alicyclic amines) is 1. The Bertz CT molecular complexity index is 1080. The molecule has 0 aliphatic carbocycles. The smallest absolute Gasteiger partial charge is 0.257 e. The highest BCUT2D eigenvalue weighted by atomic mass is 16.5. The molecular weight excluding hydrogens is 436 g/mol. The summed E-state index contributed by atoms with van der Waals surface area (Å²) in [6, 6.07) is 6.35. The molecule has 2 saturated heterocycles. The number of amides is 3. The first-order chi connectivity index (χ1) is 16.5. The van der Waals surface area contributed by atoms with Crippen LogP contribution in [0.3, 0.4) is 0 Å². The fourth-order valence-corrected chi connectivity index (χ4v) is 5.05. The predicted octanol–water partition coefficient (Wildman–Crippen LogP) is 0.301. The maximum Gasteiger partial charge on any atom is 0.257 e. The maximum atomic E-state index is 13.8. The Morgan fingerprint density at radius 1 is 1.18 bits per heavy atom. The van der Waals surface area contributed by atoms with E-state index in [1.807, 2.05) is 17.0 Å². The molecule has 2 bridgehead atoms. The molecule has 0 radical (unpaired) electrons. The molecular formula is C24H28N6O4. The highest BCUT2D eigenvalue weighted by molar-refractivity contribution is 5.96. The summed E-state index contributed by atoms with van der Waals surface area (Å²) >= 11 is 0.